The smallest absolute Gasteiger partial charge is 0.196 e. The predicted octanol–water partition coefficient (Wildman–Crippen LogP) is 5.98. The van der Waals surface area contributed by atoms with Crippen molar-refractivity contribution in [1.82, 2.24) is 14.8 Å². The minimum atomic E-state index is -0.306. The van der Waals surface area contributed by atoms with Crippen molar-refractivity contribution in [3.63, 3.8) is 0 Å². The van der Waals surface area contributed by atoms with Gasteiger partial charge in [-0.05, 0) is 49.2 Å². The van der Waals surface area contributed by atoms with Gasteiger partial charge >= 0.3 is 0 Å². The Hall–Kier alpha value is -2.92. The first-order valence-corrected chi connectivity index (χ1v) is 10.1. The Kier molecular flexibility index (Phi) is 5.26. The average molecular weight is 389 g/mol. The summed E-state index contributed by atoms with van der Waals surface area (Å²) < 4.78 is 16.4. The normalized spacial score (nSPS) is 11.0. The lowest BCUT2D eigenvalue weighted by molar-refractivity contribution is 0.629. The van der Waals surface area contributed by atoms with Gasteiger partial charge in [0.25, 0.3) is 0 Å². The fourth-order valence-corrected chi connectivity index (χ4v) is 4.02. The number of aromatic nitrogens is 3. The third-order valence-electron chi connectivity index (χ3n) is 4.46. The van der Waals surface area contributed by atoms with E-state index in [4.69, 9.17) is 0 Å². The van der Waals surface area contributed by atoms with Crippen molar-refractivity contribution < 1.29 is 4.39 Å². The van der Waals surface area contributed by atoms with E-state index in [1.165, 1.54) is 17.2 Å². The minimum absolute atomic E-state index is 0.306. The highest BCUT2D eigenvalue weighted by Crippen LogP contribution is 2.31. The molecule has 140 valence electrons. The summed E-state index contributed by atoms with van der Waals surface area (Å²) in [5.41, 5.74) is 4.94. The molecule has 3 aromatic carbocycles. The largest absolute Gasteiger partial charge is 0.270 e. The first kappa shape index (κ1) is 18.4. The highest BCUT2D eigenvalue weighted by atomic mass is 32.2. The molecular weight excluding hydrogens is 369 g/mol. The van der Waals surface area contributed by atoms with E-state index in [0.29, 0.717) is 11.4 Å². The molecule has 0 aliphatic heterocycles. The summed E-state index contributed by atoms with van der Waals surface area (Å²) >= 11 is 1.60. The van der Waals surface area contributed by atoms with E-state index in [9.17, 15) is 4.39 Å². The van der Waals surface area contributed by atoms with Gasteiger partial charge in [0.1, 0.15) is 5.82 Å². The average Bonchev–Trinajstić information content (AvgIpc) is 3.10. The van der Waals surface area contributed by atoms with Gasteiger partial charge in [-0.15, -0.1) is 10.2 Å². The molecule has 0 spiro atoms. The van der Waals surface area contributed by atoms with Gasteiger partial charge in [-0.1, -0.05) is 65.9 Å². The van der Waals surface area contributed by atoms with Crippen molar-refractivity contribution in [2.75, 3.05) is 0 Å². The van der Waals surface area contributed by atoms with Gasteiger partial charge in [-0.3, -0.25) is 4.57 Å². The lowest BCUT2D eigenvalue weighted by Crippen LogP contribution is -2.01. The van der Waals surface area contributed by atoms with Gasteiger partial charge in [-0.2, -0.15) is 0 Å². The maximum absolute atomic E-state index is 14.5. The van der Waals surface area contributed by atoms with E-state index in [2.05, 4.69) is 47.5 Å². The molecule has 0 N–H and O–H groups in total. The number of thioether (sulfide) groups is 1. The number of rotatable bonds is 5. The van der Waals surface area contributed by atoms with Crippen molar-refractivity contribution >= 4 is 11.8 Å². The van der Waals surface area contributed by atoms with E-state index in [1.807, 2.05) is 35.8 Å². The zero-order chi connectivity index (χ0) is 19.5. The number of hydrogen-bond donors (Lipinski definition) is 0. The van der Waals surface area contributed by atoms with Crippen molar-refractivity contribution in [3.05, 3.63) is 95.3 Å². The van der Waals surface area contributed by atoms with Crippen LogP contribution in [0, 0.1) is 19.7 Å². The van der Waals surface area contributed by atoms with Crippen LogP contribution in [0.1, 0.15) is 16.7 Å². The Balaban J connectivity index is 1.77. The number of halogens is 1. The third kappa shape index (κ3) is 3.85. The van der Waals surface area contributed by atoms with Crippen LogP contribution in [-0.4, -0.2) is 14.8 Å². The number of aryl methyl sites for hydroxylation is 2. The maximum Gasteiger partial charge on any atom is 0.196 e. The molecule has 1 aromatic heterocycles. The van der Waals surface area contributed by atoms with Crippen LogP contribution in [0.4, 0.5) is 4.39 Å². The van der Waals surface area contributed by atoms with Crippen LogP contribution in [0.5, 0.6) is 0 Å². The second kappa shape index (κ2) is 7.98. The SMILES string of the molecule is Cc1cccc(CSc2nnc(-c3ccccc3F)n2-c2cccc(C)c2)c1. The standard InChI is InChI=1S/C23H20FN3S/c1-16-7-5-9-18(13-16)15-28-23-26-25-22(20-11-3-4-12-21(20)24)27(23)19-10-6-8-17(2)14-19/h3-14H,15H2,1-2H3. The first-order chi connectivity index (χ1) is 13.6. The van der Waals surface area contributed by atoms with Crippen LogP contribution in [0.25, 0.3) is 17.1 Å². The molecule has 4 aromatic rings. The van der Waals surface area contributed by atoms with E-state index < -0.39 is 0 Å². The molecule has 5 heteroatoms. The molecule has 0 unspecified atom stereocenters. The molecule has 3 nitrogen and oxygen atoms in total. The van der Waals surface area contributed by atoms with E-state index in [-0.39, 0.29) is 5.82 Å². The Morgan fingerprint density at radius 1 is 0.857 bits per heavy atom. The molecule has 0 bridgehead atoms. The zero-order valence-corrected chi connectivity index (χ0v) is 16.6. The molecule has 0 radical (unpaired) electrons. The molecule has 0 aliphatic carbocycles. The summed E-state index contributed by atoms with van der Waals surface area (Å²) in [6.45, 7) is 4.12. The highest BCUT2D eigenvalue weighted by Gasteiger charge is 2.18. The van der Waals surface area contributed by atoms with Gasteiger partial charge in [0, 0.05) is 11.4 Å². The van der Waals surface area contributed by atoms with E-state index >= 15 is 0 Å². The van der Waals surface area contributed by atoms with Crippen molar-refractivity contribution in [2.45, 2.75) is 24.8 Å². The summed E-state index contributed by atoms with van der Waals surface area (Å²) in [7, 11) is 0. The van der Waals surface area contributed by atoms with Gasteiger partial charge in [0.2, 0.25) is 0 Å². The Morgan fingerprint density at radius 3 is 2.36 bits per heavy atom. The van der Waals surface area contributed by atoms with Gasteiger partial charge < -0.3 is 0 Å². The molecule has 4 rings (SSSR count). The second-order valence-corrected chi connectivity index (χ2v) is 7.68. The first-order valence-electron chi connectivity index (χ1n) is 9.07. The minimum Gasteiger partial charge on any atom is -0.270 e. The van der Waals surface area contributed by atoms with Crippen LogP contribution < -0.4 is 0 Å². The van der Waals surface area contributed by atoms with Crippen LogP contribution in [0.3, 0.4) is 0 Å². The van der Waals surface area contributed by atoms with Crippen molar-refractivity contribution in [2.24, 2.45) is 0 Å². The number of nitrogens with zero attached hydrogens (tertiary/aromatic N) is 3. The molecule has 0 aliphatic rings. The summed E-state index contributed by atoms with van der Waals surface area (Å²) in [6, 6.07) is 23.2. The van der Waals surface area contributed by atoms with Gasteiger partial charge in [-0.25, -0.2) is 4.39 Å². The van der Waals surface area contributed by atoms with Crippen LogP contribution in [0.15, 0.2) is 78.0 Å². The molecule has 0 fully saturated rings. The maximum atomic E-state index is 14.5. The second-order valence-electron chi connectivity index (χ2n) is 6.74. The van der Waals surface area contributed by atoms with E-state index in [1.54, 1.807) is 23.9 Å². The Morgan fingerprint density at radius 2 is 1.61 bits per heavy atom. The van der Waals surface area contributed by atoms with Crippen LogP contribution in [0.2, 0.25) is 0 Å². The third-order valence-corrected chi connectivity index (χ3v) is 5.46. The molecule has 0 saturated heterocycles. The molecule has 28 heavy (non-hydrogen) atoms. The Labute approximate surface area is 168 Å². The van der Waals surface area contributed by atoms with Crippen LogP contribution >= 0.6 is 11.8 Å². The van der Waals surface area contributed by atoms with Crippen molar-refractivity contribution in [3.8, 4) is 17.1 Å². The number of hydrogen-bond acceptors (Lipinski definition) is 3. The predicted molar refractivity (Wildman–Crippen MR) is 112 cm³/mol. The fraction of sp³-hybridized carbons (Fsp3) is 0.130. The molecule has 1 heterocycles. The summed E-state index contributed by atoms with van der Waals surface area (Å²) in [5.74, 6) is 0.970. The molecule has 0 atom stereocenters. The highest BCUT2D eigenvalue weighted by molar-refractivity contribution is 7.98. The lowest BCUT2D eigenvalue weighted by atomic mass is 10.2. The summed E-state index contributed by atoms with van der Waals surface area (Å²) in [4.78, 5) is 0. The molecular formula is C23H20FN3S. The summed E-state index contributed by atoms with van der Waals surface area (Å²) in [6.07, 6.45) is 0. The summed E-state index contributed by atoms with van der Waals surface area (Å²) in [5, 5.41) is 9.46. The number of benzene rings is 3. The van der Waals surface area contributed by atoms with Gasteiger partial charge in [0.15, 0.2) is 11.0 Å². The monoisotopic (exact) mass is 389 g/mol. The van der Waals surface area contributed by atoms with Gasteiger partial charge in [0.05, 0.1) is 5.56 Å². The molecule has 0 amide bonds. The quantitative estimate of drug-likeness (QED) is 0.393. The molecule has 0 saturated carbocycles. The Bertz CT molecular complexity index is 1120. The topological polar surface area (TPSA) is 30.7 Å². The zero-order valence-electron chi connectivity index (χ0n) is 15.8. The van der Waals surface area contributed by atoms with Crippen molar-refractivity contribution in [1.29, 1.82) is 0 Å². The van der Waals surface area contributed by atoms with E-state index in [0.717, 1.165) is 22.2 Å². The lowest BCUT2D eigenvalue weighted by Gasteiger charge is -2.11. The van der Waals surface area contributed by atoms with Crippen LogP contribution in [-0.2, 0) is 5.75 Å². The fourth-order valence-electron chi connectivity index (χ4n) is 3.13.